The molecule has 0 atom stereocenters. The Morgan fingerprint density at radius 3 is 2.76 bits per heavy atom. The lowest BCUT2D eigenvalue weighted by Gasteiger charge is -2.13. The van der Waals surface area contributed by atoms with E-state index in [0.29, 0.717) is 12.3 Å². The zero-order valence-electron chi connectivity index (χ0n) is 9.82. The Bertz CT molecular complexity index is 402. The molecule has 94 valence electrons. The van der Waals surface area contributed by atoms with Crippen molar-refractivity contribution in [3.63, 3.8) is 0 Å². The molecule has 0 aliphatic heterocycles. The van der Waals surface area contributed by atoms with Crippen LogP contribution in [0.25, 0.3) is 0 Å². The normalized spacial score (nSPS) is 10.4. The van der Waals surface area contributed by atoms with Crippen molar-refractivity contribution < 1.29 is 14.0 Å². The minimum Gasteiger partial charge on any atom is -0.455 e. The molecule has 0 unspecified atom stereocenters. The van der Waals surface area contributed by atoms with E-state index in [-0.39, 0.29) is 18.2 Å². The van der Waals surface area contributed by atoms with Gasteiger partial charge in [-0.1, -0.05) is 0 Å². The number of furan rings is 1. The molecule has 0 aromatic carbocycles. The van der Waals surface area contributed by atoms with Gasteiger partial charge in [0.2, 0.25) is 5.91 Å². The molecule has 1 heterocycles. The van der Waals surface area contributed by atoms with Crippen LogP contribution in [0.4, 0.5) is 0 Å². The Balaban J connectivity index is 2.54. The van der Waals surface area contributed by atoms with Crippen molar-refractivity contribution in [1.29, 1.82) is 0 Å². The summed E-state index contributed by atoms with van der Waals surface area (Å²) in [6.07, 6.45) is 0. The zero-order valence-corrected chi connectivity index (χ0v) is 9.82. The summed E-state index contributed by atoms with van der Waals surface area (Å²) in [5.74, 6) is 5.15. The van der Waals surface area contributed by atoms with Gasteiger partial charge in [-0.2, -0.15) is 0 Å². The Morgan fingerprint density at radius 2 is 2.18 bits per heavy atom. The van der Waals surface area contributed by atoms with E-state index >= 15 is 0 Å². The van der Waals surface area contributed by atoms with Crippen molar-refractivity contribution in [2.75, 3.05) is 20.6 Å². The molecule has 4 N–H and O–H groups in total. The molecule has 0 radical (unpaired) electrons. The number of nitrogen functional groups attached to an aromatic ring is 1. The summed E-state index contributed by atoms with van der Waals surface area (Å²) in [6, 6.07) is 3.20. The molecular formula is C10H16N4O3. The molecule has 0 fully saturated rings. The van der Waals surface area contributed by atoms with Crippen molar-refractivity contribution >= 4 is 11.8 Å². The monoisotopic (exact) mass is 240 g/mol. The first kappa shape index (κ1) is 13.2. The molecule has 0 aliphatic carbocycles. The van der Waals surface area contributed by atoms with Crippen LogP contribution in [0.15, 0.2) is 16.5 Å². The highest BCUT2D eigenvalue weighted by Crippen LogP contribution is 2.09. The first-order chi connectivity index (χ1) is 8.06. The summed E-state index contributed by atoms with van der Waals surface area (Å²) in [5.41, 5.74) is 1.98. The van der Waals surface area contributed by atoms with Crippen molar-refractivity contribution in [2.45, 2.75) is 6.54 Å². The minimum absolute atomic E-state index is 0.0843. The van der Waals surface area contributed by atoms with Gasteiger partial charge >= 0.3 is 5.91 Å². The Kier molecular flexibility index (Phi) is 4.68. The lowest BCUT2D eigenvalue weighted by atomic mass is 10.4. The van der Waals surface area contributed by atoms with Gasteiger partial charge in [0.05, 0.1) is 13.1 Å². The Labute approximate surface area is 98.9 Å². The van der Waals surface area contributed by atoms with E-state index in [0.717, 1.165) is 0 Å². The number of nitrogens with zero attached hydrogens (tertiary/aromatic N) is 1. The van der Waals surface area contributed by atoms with Gasteiger partial charge in [0.1, 0.15) is 5.76 Å². The molecule has 0 aliphatic rings. The Hall–Kier alpha value is -1.86. The second-order valence-electron chi connectivity index (χ2n) is 3.58. The molecule has 7 nitrogen and oxygen atoms in total. The lowest BCUT2D eigenvalue weighted by Crippen LogP contribution is -2.32. The molecule has 2 amide bonds. The standard InChI is InChI=1S/C10H16N4O3/c1-12-9(15)6-14(2)5-7-3-4-8(17-7)10(16)13-11/h3-4H,5-6,11H2,1-2H3,(H,12,15)(H,13,16). The van der Waals surface area contributed by atoms with E-state index in [2.05, 4.69) is 5.32 Å². The second-order valence-corrected chi connectivity index (χ2v) is 3.58. The summed E-state index contributed by atoms with van der Waals surface area (Å²) in [4.78, 5) is 24.0. The van der Waals surface area contributed by atoms with Crippen LogP contribution in [0.1, 0.15) is 16.3 Å². The number of amides is 2. The molecule has 0 saturated carbocycles. The number of hydrazine groups is 1. The lowest BCUT2D eigenvalue weighted by molar-refractivity contribution is -0.121. The summed E-state index contributed by atoms with van der Waals surface area (Å²) in [7, 11) is 3.35. The number of carbonyl (C=O) groups excluding carboxylic acids is 2. The molecule has 0 spiro atoms. The number of hydrogen-bond acceptors (Lipinski definition) is 5. The van der Waals surface area contributed by atoms with Gasteiger partial charge < -0.3 is 9.73 Å². The van der Waals surface area contributed by atoms with E-state index in [1.165, 1.54) is 6.07 Å². The van der Waals surface area contributed by atoms with Crippen LogP contribution in [-0.2, 0) is 11.3 Å². The third-order valence-corrected chi connectivity index (χ3v) is 2.13. The summed E-state index contributed by atoms with van der Waals surface area (Å²) < 4.78 is 5.26. The summed E-state index contributed by atoms with van der Waals surface area (Å²) in [5, 5.41) is 2.52. The fourth-order valence-electron chi connectivity index (χ4n) is 1.30. The molecular weight excluding hydrogens is 224 g/mol. The van der Waals surface area contributed by atoms with Crippen LogP contribution in [0, 0.1) is 0 Å². The van der Waals surface area contributed by atoms with E-state index in [1.807, 2.05) is 5.43 Å². The third-order valence-electron chi connectivity index (χ3n) is 2.13. The number of nitrogens with one attached hydrogen (secondary N) is 2. The van der Waals surface area contributed by atoms with Crippen LogP contribution in [0.3, 0.4) is 0 Å². The fraction of sp³-hybridized carbons (Fsp3) is 0.400. The molecule has 0 saturated heterocycles. The number of rotatable bonds is 5. The molecule has 1 rings (SSSR count). The van der Waals surface area contributed by atoms with Crippen LogP contribution in [-0.4, -0.2) is 37.4 Å². The van der Waals surface area contributed by atoms with Crippen molar-refractivity contribution in [3.05, 3.63) is 23.7 Å². The highest BCUT2D eigenvalue weighted by atomic mass is 16.4. The van der Waals surface area contributed by atoms with Crippen LogP contribution in [0.5, 0.6) is 0 Å². The maximum Gasteiger partial charge on any atom is 0.300 e. The fourth-order valence-corrected chi connectivity index (χ4v) is 1.30. The van der Waals surface area contributed by atoms with Gasteiger partial charge in [-0.25, -0.2) is 5.84 Å². The predicted octanol–water partition coefficient (Wildman–Crippen LogP) is -0.939. The van der Waals surface area contributed by atoms with E-state index in [1.54, 1.807) is 25.1 Å². The van der Waals surface area contributed by atoms with Gasteiger partial charge in [0.15, 0.2) is 5.76 Å². The smallest absolute Gasteiger partial charge is 0.300 e. The quantitative estimate of drug-likeness (QED) is 0.350. The van der Waals surface area contributed by atoms with Gasteiger partial charge in [-0.15, -0.1) is 0 Å². The number of nitrogens with two attached hydrogens (primary N) is 1. The van der Waals surface area contributed by atoms with E-state index in [4.69, 9.17) is 10.3 Å². The highest BCUT2D eigenvalue weighted by Gasteiger charge is 2.11. The maximum absolute atomic E-state index is 11.1. The predicted molar refractivity (Wildman–Crippen MR) is 60.8 cm³/mol. The maximum atomic E-state index is 11.1. The minimum atomic E-state index is -0.481. The van der Waals surface area contributed by atoms with E-state index < -0.39 is 5.91 Å². The summed E-state index contributed by atoms with van der Waals surface area (Å²) >= 11 is 0. The third kappa shape index (κ3) is 3.89. The van der Waals surface area contributed by atoms with Crippen molar-refractivity contribution in [2.24, 2.45) is 5.84 Å². The topological polar surface area (TPSA) is 101 Å². The van der Waals surface area contributed by atoms with Crippen LogP contribution >= 0.6 is 0 Å². The first-order valence-electron chi connectivity index (χ1n) is 5.05. The first-order valence-corrected chi connectivity index (χ1v) is 5.05. The highest BCUT2D eigenvalue weighted by molar-refractivity contribution is 5.90. The van der Waals surface area contributed by atoms with Crippen LogP contribution in [0.2, 0.25) is 0 Å². The second kappa shape index (κ2) is 6.02. The van der Waals surface area contributed by atoms with Crippen molar-refractivity contribution in [1.82, 2.24) is 15.6 Å². The number of likely N-dealkylation sites (N-methyl/N-ethyl adjacent to an activating group) is 2. The molecule has 1 aromatic heterocycles. The average Bonchev–Trinajstić information content (AvgIpc) is 2.76. The average molecular weight is 240 g/mol. The van der Waals surface area contributed by atoms with E-state index in [9.17, 15) is 9.59 Å². The van der Waals surface area contributed by atoms with Gasteiger partial charge in [0, 0.05) is 7.05 Å². The largest absolute Gasteiger partial charge is 0.455 e. The zero-order chi connectivity index (χ0) is 12.8. The molecule has 7 heteroatoms. The molecule has 0 bridgehead atoms. The van der Waals surface area contributed by atoms with Gasteiger partial charge in [0.25, 0.3) is 0 Å². The number of hydrogen-bond donors (Lipinski definition) is 3. The Morgan fingerprint density at radius 1 is 1.47 bits per heavy atom. The SMILES string of the molecule is CNC(=O)CN(C)Cc1ccc(C(=O)NN)o1. The number of carbonyl (C=O) groups is 2. The summed E-state index contributed by atoms with van der Waals surface area (Å²) in [6.45, 7) is 0.695. The van der Waals surface area contributed by atoms with Gasteiger partial charge in [-0.05, 0) is 19.2 Å². The van der Waals surface area contributed by atoms with Crippen molar-refractivity contribution in [3.8, 4) is 0 Å². The van der Waals surface area contributed by atoms with Crippen LogP contribution < -0.4 is 16.6 Å². The molecule has 17 heavy (non-hydrogen) atoms. The molecule has 1 aromatic rings. The van der Waals surface area contributed by atoms with Gasteiger partial charge in [-0.3, -0.25) is 19.9 Å².